The van der Waals surface area contributed by atoms with Crippen molar-refractivity contribution in [3.8, 4) is 5.69 Å². The first-order valence-electron chi connectivity index (χ1n) is 9.15. The highest BCUT2D eigenvalue weighted by Crippen LogP contribution is 2.29. The van der Waals surface area contributed by atoms with Crippen LogP contribution in [0.4, 0.5) is 5.69 Å². The van der Waals surface area contributed by atoms with Crippen LogP contribution < -0.4 is 5.32 Å². The van der Waals surface area contributed by atoms with Gasteiger partial charge in [0.2, 0.25) is 0 Å². The normalized spacial score (nSPS) is 12.0. The highest BCUT2D eigenvalue weighted by molar-refractivity contribution is 14.1. The Morgan fingerprint density at radius 2 is 1.59 bits per heavy atom. The number of nitrogens with zero attached hydrogens (tertiary/aromatic N) is 4. The highest BCUT2D eigenvalue weighted by atomic mass is 127. The summed E-state index contributed by atoms with van der Waals surface area (Å²) in [6.45, 7) is 4.13. The van der Waals surface area contributed by atoms with Gasteiger partial charge in [0.25, 0.3) is 0 Å². The van der Waals surface area contributed by atoms with Crippen molar-refractivity contribution in [2.45, 2.75) is 19.9 Å². The lowest BCUT2D eigenvalue weighted by molar-refractivity contribution is 0.731. The van der Waals surface area contributed by atoms with Gasteiger partial charge in [0, 0.05) is 14.3 Å². The Kier molecular flexibility index (Phi) is 5.82. The second-order valence-electron chi connectivity index (χ2n) is 6.83. The van der Waals surface area contributed by atoms with E-state index in [1.807, 2.05) is 35.0 Å². The molecule has 1 aromatic heterocycles. The van der Waals surface area contributed by atoms with Crippen LogP contribution >= 0.6 is 34.2 Å². The van der Waals surface area contributed by atoms with Crippen LogP contribution in [0, 0.1) is 17.4 Å². The lowest BCUT2D eigenvalue weighted by atomic mass is 10.0. The molecule has 0 bridgehead atoms. The molecule has 146 valence electrons. The van der Waals surface area contributed by atoms with Crippen LogP contribution in [-0.4, -0.2) is 20.2 Å². The van der Waals surface area contributed by atoms with Gasteiger partial charge in [-0.15, -0.1) is 5.10 Å². The summed E-state index contributed by atoms with van der Waals surface area (Å²) in [5, 5.41) is 17.0. The van der Waals surface area contributed by atoms with E-state index in [9.17, 15) is 0 Å². The van der Waals surface area contributed by atoms with Crippen molar-refractivity contribution < 1.29 is 0 Å². The van der Waals surface area contributed by atoms with E-state index < -0.39 is 0 Å². The van der Waals surface area contributed by atoms with Gasteiger partial charge in [-0.25, -0.2) is 0 Å². The lowest BCUT2D eigenvalue weighted by Crippen LogP contribution is -2.19. The third-order valence-corrected chi connectivity index (χ3v) is 5.73. The molecule has 1 atom stereocenters. The summed E-state index contributed by atoms with van der Waals surface area (Å²) in [4.78, 5) is 0. The quantitative estimate of drug-likeness (QED) is 0.345. The summed E-state index contributed by atoms with van der Waals surface area (Å²) < 4.78 is 3.00. The molecule has 0 amide bonds. The highest BCUT2D eigenvalue weighted by Gasteiger charge is 2.23. The first-order chi connectivity index (χ1) is 14.0. The Hall–Kier alpha value is -2.45. The number of rotatable bonds is 5. The van der Waals surface area contributed by atoms with E-state index >= 15 is 0 Å². The van der Waals surface area contributed by atoms with Crippen molar-refractivity contribution in [2.75, 3.05) is 5.32 Å². The molecule has 0 aliphatic heterocycles. The minimum atomic E-state index is -0.249. The lowest BCUT2D eigenvalue weighted by Gasteiger charge is -2.21. The fourth-order valence-electron chi connectivity index (χ4n) is 3.34. The van der Waals surface area contributed by atoms with E-state index in [4.69, 9.17) is 11.6 Å². The predicted molar refractivity (Wildman–Crippen MR) is 125 cm³/mol. The van der Waals surface area contributed by atoms with E-state index in [2.05, 4.69) is 93.7 Å². The van der Waals surface area contributed by atoms with Crippen molar-refractivity contribution in [3.63, 3.8) is 0 Å². The first kappa shape index (κ1) is 19.8. The maximum atomic E-state index is 6.12. The van der Waals surface area contributed by atoms with Gasteiger partial charge in [0.15, 0.2) is 5.82 Å². The molecular weight excluding hydrogens is 497 g/mol. The average molecular weight is 516 g/mol. The Bertz CT molecular complexity index is 1100. The monoisotopic (exact) mass is 515 g/mol. The summed E-state index contributed by atoms with van der Waals surface area (Å²) in [5.41, 5.74) is 5.23. The van der Waals surface area contributed by atoms with Gasteiger partial charge in [-0.05, 0) is 100.0 Å². The third kappa shape index (κ3) is 4.28. The fraction of sp³-hybridized carbons (Fsp3) is 0.136. The van der Waals surface area contributed by atoms with E-state index in [-0.39, 0.29) is 6.04 Å². The second kappa shape index (κ2) is 8.51. The van der Waals surface area contributed by atoms with Crippen LogP contribution in [0.2, 0.25) is 5.02 Å². The number of aromatic nitrogens is 4. The molecule has 0 spiro atoms. The number of nitrogens with one attached hydrogen (secondary N) is 1. The molecule has 29 heavy (non-hydrogen) atoms. The minimum Gasteiger partial charge on any atom is -0.371 e. The zero-order chi connectivity index (χ0) is 20.4. The van der Waals surface area contributed by atoms with Crippen LogP contribution in [0.15, 0.2) is 66.7 Å². The van der Waals surface area contributed by atoms with Gasteiger partial charge in [-0.1, -0.05) is 41.9 Å². The zero-order valence-electron chi connectivity index (χ0n) is 16.0. The number of tetrazole rings is 1. The fourth-order valence-corrected chi connectivity index (χ4v) is 3.82. The van der Waals surface area contributed by atoms with Crippen LogP contribution in [0.5, 0.6) is 0 Å². The average Bonchev–Trinajstić information content (AvgIpc) is 3.17. The number of halogens is 2. The number of aryl methyl sites for hydroxylation is 2. The van der Waals surface area contributed by atoms with Crippen molar-refractivity contribution in [2.24, 2.45) is 0 Å². The van der Waals surface area contributed by atoms with E-state index in [1.54, 1.807) is 0 Å². The summed E-state index contributed by atoms with van der Waals surface area (Å²) in [7, 11) is 0. The topological polar surface area (TPSA) is 55.6 Å². The predicted octanol–water partition coefficient (Wildman–Crippen LogP) is 5.74. The zero-order valence-corrected chi connectivity index (χ0v) is 18.9. The largest absolute Gasteiger partial charge is 0.371 e. The molecule has 3 aromatic carbocycles. The molecule has 0 fully saturated rings. The Labute approximate surface area is 188 Å². The van der Waals surface area contributed by atoms with E-state index in [0.717, 1.165) is 28.1 Å². The summed E-state index contributed by atoms with van der Waals surface area (Å²) >= 11 is 8.42. The molecule has 0 saturated carbocycles. The number of para-hydroxylation sites is 1. The number of hydrogen-bond acceptors (Lipinski definition) is 4. The van der Waals surface area contributed by atoms with Gasteiger partial charge in [0.1, 0.15) is 6.04 Å². The Balaban J connectivity index is 1.83. The molecule has 4 aromatic rings. The molecular formula is C22H19ClIN5. The second-order valence-corrected chi connectivity index (χ2v) is 8.51. The van der Waals surface area contributed by atoms with Gasteiger partial charge in [-0.2, -0.15) is 4.68 Å². The van der Waals surface area contributed by atoms with Crippen molar-refractivity contribution in [1.29, 1.82) is 0 Å². The Morgan fingerprint density at radius 1 is 0.931 bits per heavy atom. The van der Waals surface area contributed by atoms with Gasteiger partial charge in [-0.3, -0.25) is 0 Å². The molecule has 5 nitrogen and oxygen atoms in total. The molecule has 0 aliphatic rings. The maximum Gasteiger partial charge on any atom is 0.183 e. The molecule has 7 heteroatoms. The molecule has 1 unspecified atom stereocenters. The van der Waals surface area contributed by atoms with E-state index in [0.29, 0.717) is 10.8 Å². The van der Waals surface area contributed by atoms with Gasteiger partial charge < -0.3 is 5.32 Å². The minimum absolute atomic E-state index is 0.249. The standard InChI is InChI=1S/C22H19ClIN5/c1-14-4-3-5-15(2)21(14)29-22(26-27-28-29)20(16-6-8-17(23)9-7-16)25-19-12-10-18(24)11-13-19/h3-13,20,25H,1-2H3. The van der Waals surface area contributed by atoms with Crippen LogP contribution in [0.25, 0.3) is 5.69 Å². The molecule has 4 rings (SSSR count). The first-order valence-corrected chi connectivity index (χ1v) is 10.6. The van der Waals surface area contributed by atoms with Crippen LogP contribution in [0.1, 0.15) is 28.6 Å². The smallest absolute Gasteiger partial charge is 0.183 e. The summed E-state index contributed by atoms with van der Waals surface area (Å²) in [5.74, 6) is 0.711. The van der Waals surface area contributed by atoms with Crippen molar-refractivity contribution in [3.05, 3.63) is 97.8 Å². The molecule has 0 radical (unpaired) electrons. The third-order valence-electron chi connectivity index (χ3n) is 4.76. The van der Waals surface area contributed by atoms with Gasteiger partial charge in [0.05, 0.1) is 5.69 Å². The molecule has 1 N–H and O–H groups in total. The van der Waals surface area contributed by atoms with Gasteiger partial charge >= 0.3 is 0 Å². The summed E-state index contributed by atoms with van der Waals surface area (Å²) in [6, 6.07) is 21.9. The van der Waals surface area contributed by atoms with Crippen LogP contribution in [0.3, 0.4) is 0 Å². The summed E-state index contributed by atoms with van der Waals surface area (Å²) in [6.07, 6.45) is 0. The van der Waals surface area contributed by atoms with E-state index in [1.165, 1.54) is 3.57 Å². The van der Waals surface area contributed by atoms with Crippen molar-refractivity contribution >= 4 is 39.9 Å². The molecule has 0 aliphatic carbocycles. The maximum absolute atomic E-state index is 6.12. The number of benzene rings is 3. The van der Waals surface area contributed by atoms with Crippen molar-refractivity contribution in [1.82, 2.24) is 20.2 Å². The molecule has 1 heterocycles. The number of anilines is 1. The Morgan fingerprint density at radius 3 is 2.24 bits per heavy atom. The number of hydrogen-bond donors (Lipinski definition) is 1. The SMILES string of the molecule is Cc1cccc(C)c1-n1nnnc1C(Nc1ccc(I)cc1)c1ccc(Cl)cc1. The molecule has 0 saturated heterocycles. The van der Waals surface area contributed by atoms with Crippen LogP contribution in [-0.2, 0) is 0 Å².